The lowest BCUT2D eigenvalue weighted by Crippen LogP contribution is -2.05. The number of esters is 1. The average Bonchev–Trinajstić information content (AvgIpc) is 3.03. The summed E-state index contributed by atoms with van der Waals surface area (Å²) in [5.41, 5.74) is 3.04. The van der Waals surface area contributed by atoms with Gasteiger partial charge in [0.2, 0.25) is 5.90 Å². The van der Waals surface area contributed by atoms with Crippen LogP contribution >= 0.6 is 0 Å². The van der Waals surface area contributed by atoms with Gasteiger partial charge in [0.1, 0.15) is 0 Å². The van der Waals surface area contributed by atoms with Crippen molar-refractivity contribution in [3.63, 3.8) is 0 Å². The van der Waals surface area contributed by atoms with Gasteiger partial charge in [-0.25, -0.2) is 9.79 Å². The normalized spacial score (nSPS) is 15.1. The lowest BCUT2D eigenvalue weighted by molar-refractivity contribution is -0.129. The zero-order chi connectivity index (χ0) is 19.4. The van der Waals surface area contributed by atoms with Crippen molar-refractivity contribution in [1.82, 2.24) is 0 Å². The van der Waals surface area contributed by atoms with Crippen LogP contribution in [0.1, 0.15) is 43.4 Å². The van der Waals surface area contributed by atoms with Gasteiger partial charge in [0.05, 0.1) is 13.7 Å². The fourth-order valence-corrected chi connectivity index (χ4v) is 2.75. The number of nitrogens with zero attached hydrogens (tertiary/aromatic N) is 1. The Balaban J connectivity index is 1.87. The number of hydrogen-bond donors (Lipinski definition) is 0. The standard InChI is InChI=1S/C22H23NO4/c1-5-26-19-11-6-15(13-20(19)25-4)12-18-22(24)27-21(23-18)17-9-7-16(8-10-17)14(2)3/h6-14H,5H2,1-4H3/b18-12-. The van der Waals surface area contributed by atoms with Crippen molar-refractivity contribution in [2.24, 2.45) is 4.99 Å². The maximum atomic E-state index is 12.2. The van der Waals surface area contributed by atoms with E-state index in [1.165, 1.54) is 5.56 Å². The smallest absolute Gasteiger partial charge is 0.363 e. The molecule has 0 saturated heterocycles. The second-order valence-corrected chi connectivity index (χ2v) is 6.46. The Morgan fingerprint density at radius 3 is 2.48 bits per heavy atom. The molecular weight excluding hydrogens is 342 g/mol. The third kappa shape index (κ3) is 4.19. The highest BCUT2D eigenvalue weighted by Crippen LogP contribution is 2.29. The Morgan fingerprint density at radius 1 is 1.11 bits per heavy atom. The molecule has 3 rings (SSSR count). The van der Waals surface area contributed by atoms with Crippen molar-refractivity contribution in [3.05, 3.63) is 64.9 Å². The second kappa shape index (κ2) is 8.08. The summed E-state index contributed by atoms with van der Waals surface area (Å²) in [6, 6.07) is 13.3. The van der Waals surface area contributed by atoms with Gasteiger partial charge in [-0.2, -0.15) is 0 Å². The van der Waals surface area contributed by atoms with Crippen LogP contribution in [0.5, 0.6) is 11.5 Å². The monoisotopic (exact) mass is 365 g/mol. The third-order valence-electron chi connectivity index (χ3n) is 4.24. The van der Waals surface area contributed by atoms with E-state index in [2.05, 4.69) is 18.8 Å². The number of carbonyl (C=O) groups is 1. The fourth-order valence-electron chi connectivity index (χ4n) is 2.75. The summed E-state index contributed by atoms with van der Waals surface area (Å²) in [6.07, 6.45) is 1.68. The van der Waals surface area contributed by atoms with Gasteiger partial charge in [-0.05, 0) is 54.3 Å². The van der Waals surface area contributed by atoms with Gasteiger partial charge in [0, 0.05) is 5.56 Å². The van der Waals surface area contributed by atoms with E-state index in [0.717, 1.165) is 11.1 Å². The summed E-state index contributed by atoms with van der Waals surface area (Å²) in [5.74, 6) is 1.55. The van der Waals surface area contributed by atoms with Crippen LogP contribution in [0.2, 0.25) is 0 Å². The van der Waals surface area contributed by atoms with Crippen LogP contribution in [-0.4, -0.2) is 25.6 Å². The van der Waals surface area contributed by atoms with Crippen LogP contribution in [0.15, 0.2) is 53.2 Å². The van der Waals surface area contributed by atoms with Crippen molar-refractivity contribution in [1.29, 1.82) is 0 Å². The van der Waals surface area contributed by atoms with Gasteiger partial charge >= 0.3 is 5.97 Å². The van der Waals surface area contributed by atoms with Crippen LogP contribution in [0.4, 0.5) is 0 Å². The summed E-state index contributed by atoms with van der Waals surface area (Å²) in [7, 11) is 1.58. The molecule has 27 heavy (non-hydrogen) atoms. The van der Waals surface area contributed by atoms with E-state index in [9.17, 15) is 4.79 Å². The van der Waals surface area contributed by atoms with Gasteiger partial charge < -0.3 is 14.2 Å². The lowest BCUT2D eigenvalue weighted by Gasteiger charge is -2.09. The summed E-state index contributed by atoms with van der Waals surface area (Å²) < 4.78 is 16.2. The van der Waals surface area contributed by atoms with E-state index in [1.807, 2.05) is 43.3 Å². The SMILES string of the molecule is CCOc1ccc(/C=C2\N=C(c3ccc(C(C)C)cc3)OC2=O)cc1OC. The zero-order valence-electron chi connectivity index (χ0n) is 16.0. The molecule has 5 heteroatoms. The molecule has 2 aromatic rings. The van der Waals surface area contributed by atoms with Crippen molar-refractivity contribution in [2.45, 2.75) is 26.7 Å². The second-order valence-electron chi connectivity index (χ2n) is 6.46. The molecule has 0 fully saturated rings. The van der Waals surface area contributed by atoms with Gasteiger partial charge in [-0.15, -0.1) is 0 Å². The molecule has 1 aliphatic rings. The molecule has 5 nitrogen and oxygen atoms in total. The first kappa shape index (κ1) is 18.7. The number of methoxy groups -OCH3 is 1. The molecule has 0 bridgehead atoms. The molecule has 0 aliphatic carbocycles. The molecule has 0 unspecified atom stereocenters. The van der Waals surface area contributed by atoms with Crippen molar-refractivity contribution >= 4 is 17.9 Å². The third-order valence-corrected chi connectivity index (χ3v) is 4.24. The molecule has 0 amide bonds. The van der Waals surface area contributed by atoms with Crippen molar-refractivity contribution in [2.75, 3.05) is 13.7 Å². The number of rotatable bonds is 6. The maximum Gasteiger partial charge on any atom is 0.363 e. The highest BCUT2D eigenvalue weighted by Gasteiger charge is 2.24. The minimum Gasteiger partial charge on any atom is -0.493 e. The molecule has 0 radical (unpaired) electrons. The molecule has 140 valence electrons. The van der Waals surface area contributed by atoms with Gasteiger partial charge in [0.15, 0.2) is 17.2 Å². The maximum absolute atomic E-state index is 12.2. The van der Waals surface area contributed by atoms with E-state index in [1.54, 1.807) is 19.3 Å². The van der Waals surface area contributed by atoms with E-state index >= 15 is 0 Å². The van der Waals surface area contributed by atoms with Crippen molar-refractivity contribution in [3.8, 4) is 11.5 Å². The quantitative estimate of drug-likeness (QED) is 0.556. The average molecular weight is 365 g/mol. The van der Waals surface area contributed by atoms with Crippen LogP contribution < -0.4 is 9.47 Å². The lowest BCUT2D eigenvalue weighted by atomic mass is 10.0. The number of benzene rings is 2. The molecule has 0 N–H and O–H groups in total. The number of cyclic esters (lactones) is 1. The predicted octanol–water partition coefficient (Wildman–Crippen LogP) is 4.56. The minimum atomic E-state index is -0.467. The van der Waals surface area contributed by atoms with Crippen LogP contribution in [0.25, 0.3) is 6.08 Å². The minimum absolute atomic E-state index is 0.254. The summed E-state index contributed by atoms with van der Waals surface area (Å²) >= 11 is 0. The van der Waals surface area contributed by atoms with E-state index < -0.39 is 5.97 Å². The van der Waals surface area contributed by atoms with Crippen LogP contribution in [-0.2, 0) is 9.53 Å². The number of aliphatic imine (C=N–C) groups is 1. The van der Waals surface area contributed by atoms with E-state index in [0.29, 0.717) is 29.9 Å². The first-order chi connectivity index (χ1) is 13.0. The molecule has 0 atom stereocenters. The first-order valence-corrected chi connectivity index (χ1v) is 8.95. The largest absolute Gasteiger partial charge is 0.493 e. The van der Waals surface area contributed by atoms with Crippen LogP contribution in [0.3, 0.4) is 0 Å². The summed E-state index contributed by atoms with van der Waals surface area (Å²) in [4.78, 5) is 16.6. The van der Waals surface area contributed by atoms with E-state index in [4.69, 9.17) is 14.2 Å². The molecule has 0 aromatic heterocycles. The molecule has 2 aromatic carbocycles. The zero-order valence-corrected chi connectivity index (χ0v) is 16.0. The topological polar surface area (TPSA) is 57.1 Å². The number of ether oxygens (including phenoxy) is 3. The molecule has 0 saturated carbocycles. The Bertz CT molecular complexity index is 895. The molecule has 1 aliphatic heterocycles. The van der Waals surface area contributed by atoms with Gasteiger partial charge in [-0.3, -0.25) is 0 Å². The van der Waals surface area contributed by atoms with Crippen molar-refractivity contribution < 1.29 is 19.0 Å². The van der Waals surface area contributed by atoms with Gasteiger partial charge in [0.25, 0.3) is 0 Å². The molecular formula is C22H23NO4. The molecule has 1 heterocycles. The predicted molar refractivity (Wildman–Crippen MR) is 105 cm³/mol. The van der Waals surface area contributed by atoms with Crippen LogP contribution in [0, 0.1) is 0 Å². The number of hydrogen-bond acceptors (Lipinski definition) is 5. The van der Waals surface area contributed by atoms with Gasteiger partial charge in [-0.1, -0.05) is 32.0 Å². The molecule has 0 spiro atoms. The Labute approximate surface area is 159 Å². The number of carbonyl (C=O) groups excluding carboxylic acids is 1. The summed E-state index contributed by atoms with van der Waals surface area (Å²) in [5, 5.41) is 0. The Hall–Kier alpha value is -3.08. The summed E-state index contributed by atoms with van der Waals surface area (Å²) in [6.45, 7) is 6.72. The van der Waals surface area contributed by atoms with E-state index in [-0.39, 0.29) is 5.70 Å². The Kier molecular flexibility index (Phi) is 5.60. The first-order valence-electron chi connectivity index (χ1n) is 8.95. The highest BCUT2D eigenvalue weighted by atomic mass is 16.6. The highest BCUT2D eigenvalue weighted by molar-refractivity contribution is 6.12. The Morgan fingerprint density at radius 2 is 1.85 bits per heavy atom. The fraction of sp³-hybridized carbons (Fsp3) is 0.273.